The first-order chi connectivity index (χ1) is 11.2. The molecule has 0 bridgehead atoms. The largest absolute Gasteiger partial charge is 0.453 e. The summed E-state index contributed by atoms with van der Waals surface area (Å²) in [7, 11) is 0. The van der Waals surface area contributed by atoms with E-state index in [0.717, 1.165) is 18.5 Å². The van der Waals surface area contributed by atoms with Crippen molar-refractivity contribution in [1.29, 1.82) is 0 Å². The molecular formula is C19H17NO3. The summed E-state index contributed by atoms with van der Waals surface area (Å²) in [6, 6.07) is 15.5. The normalized spacial score (nSPS) is 19.0. The summed E-state index contributed by atoms with van der Waals surface area (Å²) in [6.45, 7) is 1.36. The van der Waals surface area contributed by atoms with Gasteiger partial charge in [0.1, 0.15) is 6.10 Å². The maximum absolute atomic E-state index is 12.6. The van der Waals surface area contributed by atoms with Crippen LogP contribution in [0.3, 0.4) is 0 Å². The fourth-order valence-corrected chi connectivity index (χ4v) is 3.37. The van der Waals surface area contributed by atoms with Crippen LogP contribution in [0.4, 0.5) is 0 Å². The molecule has 23 heavy (non-hydrogen) atoms. The molecule has 4 nitrogen and oxygen atoms in total. The van der Waals surface area contributed by atoms with E-state index in [0.29, 0.717) is 12.1 Å². The van der Waals surface area contributed by atoms with Gasteiger partial charge in [-0.2, -0.15) is 0 Å². The molecule has 2 aliphatic heterocycles. The second kappa shape index (κ2) is 5.54. The molecular weight excluding hydrogens is 290 g/mol. The Labute approximate surface area is 134 Å². The molecule has 2 aromatic carbocycles. The number of carbonyl (C=O) groups excluding carboxylic acids is 2. The van der Waals surface area contributed by atoms with Gasteiger partial charge in [-0.3, -0.25) is 4.79 Å². The zero-order valence-corrected chi connectivity index (χ0v) is 12.7. The SMILES string of the molecule is O=C1O[C@@H](CC(=O)N2CCc3ccccc3C2)c2ccccc21. The molecule has 0 aromatic heterocycles. The number of rotatable bonds is 2. The minimum atomic E-state index is -0.455. The Morgan fingerprint density at radius 3 is 2.70 bits per heavy atom. The molecule has 0 fully saturated rings. The fourth-order valence-electron chi connectivity index (χ4n) is 3.37. The smallest absolute Gasteiger partial charge is 0.339 e. The van der Waals surface area contributed by atoms with E-state index < -0.39 is 6.10 Å². The van der Waals surface area contributed by atoms with E-state index in [9.17, 15) is 9.59 Å². The van der Waals surface area contributed by atoms with Gasteiger partial charge in [-0.25, -0.2) is 4.79 Å². The van der Waals surface area contributed by atoms with Gasteiger partial charge >= 0.3 is 5.97 Å². The van der Waals surface area contributed by atoms with Crippen LogP contribution >= 0.6 is 0 Å². The van der Waals surface area contributed by atoms with Crippen molar-refractivity contribution in [1.82, 2.24) is 4.90 Å². The van der Waals surface area contributed by atoms with Crippen molar-refractivity contribution in [2.24, 2.45) is 0 Å². The number of hydrogen-bond acceptors (Lipinski definition) is 3. The monoisotopic (exact) mass is 307 g/mol. The number of nitrogens with zero attached hydrogens (tertiary/aromatic N) is 1. The number of carbonyl (C=O) groups is 2. The lowest BCUT2D eigenvalue weighted by molar-refractivity contribution is -0.134. The molecule has 2 aromatic rings. The molecule has 2 aliphatic rings. The van der Waals surface area contributed by atoms with Gasteiger partial charge in [-0.05, 0) is 23.6 Å². The third kappa shape index (κ3) is 2.50. The molecule has 0 saturated carbocycles. The molecule has 0 N–H and O–H groups in total. The van der Waals surface area contributed by atoms with Gasteiger partial charge in [0.15, 0.2) is 0 Å². The topological polar surface area (TPSA) is 46.6 Å². The van der Waals surface area contributed by atoms with Crippen LogP contribution in [0.5, 0.6) is 0 Å². The Morgan fingerprint density at radius 1 is 1.09 bits per heavy atom. The molecule has 1 atom stereocenters. The van der Waals surface area contributed by atoms with E-state index in [1.807, 2.05) is 35.2 Å². The minimum Gasteiger partial charge on any atom is -0.453 e. The predicted octanol–water partition coefficient (Wildman–Crippen LogP) is 2.87. The van der Waals surface area contributed by atoms with Gasteiger partial charge < -0.3 is 9.64 Å². The van der Waals surface area contributed by atoms with Crippen molar-refractivity contribution in [3.05, 3.63) is 70.8 Å². The van der Waals surface area contributed by atoms with E-state index in [4.69, 9.17) is 4.74 Å². The number of fused-ring (bicyclic) bond motifs is 2. The Balaban J connectivity index is 1.49. The van der Waals surface area contributed by atoms with Crippen LogP contribution in [-0.2, 0) is 22.5 Å². The molecule has 0 unspecified atom stereocenters. The standard InChI is InChI=1S/C19H17NO3/c21-18(20-10-9-13-5-1-2-6-14(13)12-20)11-17-15-7-3-4-8-16(15)19(22)23-17/h1-8,17H,9-12H2/t17-/m0/s1. The Morgan fingerprint density at radius 2 is 1.83 bits per heavy atom. The number of esters is 1. The van der Waals surface area contributed by atoms with Crippen molar-refractivity contribution in [3.8, 4) is 0 Å². The van der Waals surface area contributed by atoms with Crippen LogP contribution in [0.1, 0.15) is 39.6 Å². The summed E-state index contributed by atoms with van der Waals surface area (Å²) in [5.41, 5.74) is 3.92. The maximum atomic E-state index is 12.6. The lowest BCUT2D eigenvalue weighted by Crippen LogP contribution is -2.36. The molecule has 4 heteroatoms. The van der Waals surface area contributed by atoms with Crippen LogP contribution in [0.15, 0.2) is 48.5 Å². The summed E-state index contributed by atoms with van der Waals surface area (Å²) < 4.78 is 5.38. The van der Waals surface area contributed by atoms with Gasteiger partial charge in [0.25, 0.3) is 0 Å². The van der Waals surface area contributed by atoms with Gasteiger partial charge in [0.05, 0.1) is 12.0 Å². The molecule has 0 saturated heterocycles. The highest BCUT2D eigenvalue weighted by Crippen LogP contribution is 2.33. The van der Waals surface area contributed by atoms with Crippen LogP contribution in [0, 0.1) is 0 Å². The second-order valence-corrected chi connectivity index (χ2v) is 6.02. The number of hydrogen-bond donors (Lipinski definition) is 0. The van der Waals surface area contributed by atoms with Crippen LogP contribution in [0.2, 0.25) is 0 Å². The minimum absolute atomic E-state index is 0.0361. The highest BCUT2D eigenvalue weighted by atomic mass is 16.5. The predicted molar refractivity (Wildman–Crippen MR) is 84.8 cm³/mol. The zero-order valence-electron chi connectivity index (χ0n) is 12.7. The van der Waals surface area contributed by atoms with E-state index in [1.54, 1.807) is 6.07 Å². The molecule has 0 radical (unpaired) electrons. The first-order valence-electron chi connectivity index (χ1n) is 7.87. The number of ether oxygens (including phenoxy) is 1. The summed E-state index contributed by atoms with van der Waals surface area (Å²) in [5.74, 6) is -0.295. The van der Waals surface area contributed by atoms with Gasteiger partial charge in [-0.1, -0.05) is 42.5 Å². The number of benzene rings is 2. The highest BCUT2D eigenvalue weighted by Gasteiger charge is 2.33. The maximum Gasteiger partial charge on any atom is 0.339 e. The Bertz CT molecular complexity index is 784. The van der Waals surface area contributed by atoms with Crippen molar-refractivity contribution in [3.63, 3.8) is 0 Å². The fraction of sp³-hybridized carbons (Fsp3) is 0.263. The molecule has 0 spiro atoms. The molecule has 0 aliphatic carbocycles. The third-order valence-corrected chi connectivity index (χ3v) is 4.62. The van der Waals surface area contributed by atoms with E-state index in [2.05, 4.69) is 12.1 Å². The molecule has 116 valence electrons. The number of amides is 1. The van der Waals surface area contributed by atoms with Crippen LogP contribution < -0.4 is 0 Å². The van der Waals surface area contributed by atoms with Crippen molar-refractivity contribution in [2.75, 3.05) is 6.54 Å². The first-order valence-corrected chi connectivity index (χ1v) is 7.87. The third-order valence-electron chi connectivity index (χ3n) is 4.62. The summed E-state index contributed by atoms with van der Waals surface area (Å²) in [5, 5.41) is 0. The van der Waals surface area contributed by atoms with Gasteiger partial charge in [0.2, 0.25) is 5.91 Å². The summed E-state index contributed by atoms with van der Waals surface area (Å²) in [4.78, 5) is 26.3. The lowest BCUT2D eigenvalue weighted by Gasteiger charge is -2.29. The Kier molecular flexibility index (Phi) is 3.37. The molecule has 1 amide bonds. The molecule has 2 heterocycles. The van der Waals surface area contributed by atoms with Crippen LogP contribution in [-0.4, -0.2) is 23.3 Å². The van der Waals surface area contributed by atoms with E-state index >= 15 is 0 Å². The zero-order chi connectivity index (χ0) is 15.8. The summed E-state index contributed by atoms with van der Waals surface area (Å²) in [6.07, 6.45) is 0.636. The van der Waals surface area contributed by atoms with Crippen molar-refractivity contribution >= 4 is 11.9 Å². The van der Waals surface area contributed by atoms with E-state index in [1.165, 1.54) is 11.1 Å². The van der Waals surface area contributed by atoms with Crippen molar-refractivity contribution < 1.29 is 14.3 Å². The average molecular weight is 307 g/mol. The lowest BCUT2D eigenvalue weighted by atomic mass is 9.98. The Hall–Kier alpha value is -2.62. The van der Waals surface area contributed by atoms with Crippen LogP contribution in [0.25, 0.3) is 0 Å². The van der Waals surface area contributed by atoms with Crippen molar-refractivity contribution in [2.45, 2.75) is 25.5 Å². The first kappa shape index (κ1) is 14.0. The highest BCUT2D eigenvalue weighted by molar-refractivity contribution is 5.94. The van der Waals surface area contributed by atoms with Gasteiger partial charge in [-0.15, -0.1) is 0 Å². The second-order valence-electron chi connectivity index (χ2n) is 6.02. The quantitative estimate of drug-likeness (QED) is 0.802. The molecule has 4 rings (SSSR count). The number of cyclic esters (lactones) is 1. The van der Waals surface area contributed by atoms with Gasteiger partial charge in [0, 0.05) is 18.7 Å². The van der Waals surface area contributed by atoms with E-state index in [-0.39, 0.29) is 18.3 Å². The average Bonchev–Trinajstić information content (AvgIpc) is 2.91. The summed E-state index contributed by atoms with van der Waals surface area (Å²) >= 11 is 0.